The number of amides is 1. The standard InChI is InChI=1S/C17H20FN3O2/c1-2-9-23-17(22)21-16-8-7-14(10-15(16)19)20-11-12-3-5-13(18)6-4-12/h3-8,10,20H,2,9,11,19H2,1H3,(H,21,22). The summed E-state index contributed by atoms with van der Waals surface area (Å²) in [4.78, 5) is 11.5. The zero-order valence-electron chi connectivity index (χ0n) is 12.9. The van der Waals surface area contributed by atoms with Gasteiger partial charge >= 0.3 is 6.09 Å². The van der Waals surface area contributed by atoms with Gasteiger partial charge in [0.15, 0.2) is 0 Å². The van der Waals surface area contributed by atoms with E-state index in [-0.39, 0.29) is 5.82 Å². The molecule has 2 aromatic carbocycles. The van der Waals surface area contributed by atoms with Crippen LogP contribution < -0.4 is 16.4 Å². The van der Waals surface area contributed by atoms with Crippen molar-refractivity contribution in [1.82, 2.24) is 0 Å². The second-order valence-corrected chi connectivity index (χ2v) is 5.04. The molecule has 2 rings (SSSR count). The maximum absolute atomic E-state index is 12.8. The van der Waals surface area contributed by atoms with Crippen LogP contribution in [0.2, 0.25) is 0 Å². The summed E-state index contributed by atoms with van der Waals surface area (Å²) in [6, 6.07) is 11.5. The SMILES string of the molecule is CCCOC(=O)Nc1ccc(NCc2ccc(F)cc2)cc1N. The van der Waals surface area contributed by atoms with Crippen molar-refractivity contribution >= 4 is 23.2 Å². The molecule has 2 aromatic rings. The van der Waals surface area contributed by atoms with E-state index in [9.17, 15) is 9.18 Å². The third-order valence-electron chi connectivity index (χ3n) is 3.14. The van der Waals surface area contributed by atoms with Gasteiger partial charge in [0, 0.05) is 12.2 Å². The molecule has 122 valence electrons. The number of nitrogen functional groups attached to an aromatic ring is 1. The maximum Gasteiger partial charge on any atom is 0.411 e. The molecule has 1 amide bonds. The minimum Gasteiger partial charge on any atom is -0.449 e. The average molecular weight is 317 g/mol. The topological polar surface area (TPSA) is 76.4 Å². The van der Waals surface area contributed by atoms with Gasteiger partial charge in [0.05, 0.1) is 18.0 Å². The number of hydrogen-bond donors (Lipinski definition) is 3. The lowest BCUT2D eigenvalue weighted by molar-refractivity contribution is 0.161. The zero-order chi connectivity index (χ0) is 16.7. The zero-order valence-corrected chi connectivity index (χ0v) is 12.9. The van der Waals surface area contributed by atoms with E-state index >= 15 is 0 Å². The number of nitrogens with one attached hydrogen (secondary N) is 2. The number of nitrogens with two attached hydrogens (primary N) is 1. The van der Waals surface area contributed by atoms with Crippen molar-refractivity contribution in [3.8, 4) is 0 Å². The van der Waals surface area contributed by atoms with Crippen LogP contribution in [0.1, 0.15) is 18.9 Å². The number of carbonyl (C=O) groups excluding carboxylic acids is 1. The quantitative estimate of drug-likeness (QED) is 0.704. The van der Waals surface area contributed by atoms with Crippen LogP contribution in [0, 0.1) is 5.82 Å². The number of anilines is 3. The molecule has 0 aliphatic carbocycles. The van der Waals surface area contributed by atoms with Gasteiger partial charge in [-0.15, -0.1) is 0 Å². The van der Waals surface area contributed by atoms with Crippen molar-refractivity contribution in [2.45, 2.75) is 19.9 Å². The van der Waals surface area contributed by atoms with Crippen molar-refractivity contribution in [3.05, 3.63) is 53.8 Å². The molecule has 0 aromatic heterocycles. The van der Waals surface area contributed by atoms with Crippen LogP contribution in [0.4, 0.5) is 26.2 Å². The molecule has 23 heavy (non-hydrogen) atoms. The lowest BCUT2D eigenvalue weighted by Crippen LogP contribution is -2.15. The summed E-state index contributed by atoms with van der Waals surface area (Å²) in [7, 11) is 0. The highest BCUT2D eigenvalue weighted by molar-refractivity contribution is 5.89. The Hall–Kier alpha value is -2.76. The first-order valence-corrected chi connectivity index (χ1v) is 7.40. The Bertz CT molecular complexity index is 659. The number of ether oxygens (including phenoxy) is 1. The maximum atomic E-state index is 12.8. The van der Waals surface area contributed by atoms with E-state index in [2.05, 4.69) is 10.6 Å². The Kier molecular flexibility index (Phi) is 5.80. The van der Waals surface area contributed by atoms with Crippen LogP contribution in [0.15, 0.2) is 42.5 Å². The highest BCUT2D eigenvalue weighted by Gasteiger charge is 2.06. The number of hydrogen-bond acceptors (Lipinski definition) is 4. The normalized spacial score (nSPS) is 10.2. The van der Waals surface area contributed by atoms with E-state index in [1.165, 1.54) is 12.1 Å². The Morgan fingerprint density at radius 2 is 1.96 bits per heavy atom. The summed E-state index contributed by atoms with van der Waals surface area (Å²) < 4.78 is 17.8. The molecule has 0 saturated carbocycles. The largest absolute Gasteiger partial charge is 0.449 e. The summed E-state index contributed by atoms with van der Waals surface area (Å²) in [5, 5.41) is 5.79. The molecule has 0 heterocycles. The molecular weight excluding hydrogens is 297 g/mol. The molecule has 0 fully saturated rings. The van der Waals surface area contributed by atoms with Gasteiger partial charge < -0.3 is 15.8 Å². The van der Waals surface area contributed by atoms with Crippen LogP contribution in [0.3, 0.4) is 0 Å². The molecule has 0 radical (unpaired) electrons. The van der Waals surface area contributed by atoms with Crippen molar-refractivity contribution in [3.63, 3.8) is 0 Å². The first-order valence-electron chi connectivity index (χ1n) is 7.40. The van der Waals surface area contributed by atoms with E-state index in [1.54, 1.807) is 30.3 Å². The lowest BCUT2D eigenvalue weighted by atomic mass is 10.2. The molecule has 0 unspecified atom stereocenters. The van der Waals surface area contributed by atoms with Gasteiger partial charge in [0.2, 0.25) is 0 Å². The number of rotatable bonds is 6. The van der Waals surface area contributed by atoms with Crippen LogP contribution in [0.25, 0.3) is 0 Å². The molecule has 0 aliphatic rings. The molecule has 0 saturated heterocycles. The van der Waals surface area contributed by atoms with Gasteiger partial charge in [0.25, 0.3) is 0 Å². The predicted octanol–water partition coefficient (Wildman–Crippen LogP) is 3.98. The Morgan fingerprint density at radius 1 is 1.22 bits per heavy atom. The van der Waals surface area contributed by atoms with Gasteiger partial charge in [-0.3, -0.25) is 5.32 Å². The number of carbonyl (C=O) groups is 1. The molecule has 6 heteroatoms. The molecule has 5 nitrogen and oxygen atoms in total. The van der Waals surface area contributed by atoms with Crippen LogP contribution >= 0.6 is 0 Å². The monoisotopic (exact) mass is 317 g/mol. The third-order valence-corrected chi connectivity index (χ3v) is 3.14. The molecular formula is C17H20FN3O2. The van der Waals surface area contributed by atoms with E-state index in [0.717, 1.165) is 17.7 Å². The molecule has 0 bridgehead atoms. The van der Waals surface area contributed by atoms with E-state index in [1.807, 2.05) is 6.92 Å². The summed E-state index contributed by atoms with van der Waals surface area (Å²) in [5.41, 5.74) is 8.62. The fraction of sp³-hybridized carbons (Fsp3) is 0.235. The average Bonchev–Trinajstić information content (AvgIpc) is 2.54. The van der Waals surface area contributed by atoms with Gasteiger partial charge in [-0.25, -0.2) is 9.18 Å². The van der Waals surface area contributed by atoms with Gasteiger partial charge in [0.1, 0.15) is 5.82 Å². The van der Waals surface area contributed by atoms with Crippen LogP contribution in [0.5, 0.6) is 0 Å². The van der Waals surface area contributed by atoms with E-state index in [0.29, 0.717) is 24.5 Å². The molecule has 0 aliphatic heterocycles. The molecule has 4 N–H and O–H groups in total. The minimum absolute atomic E-state index is 0.261. The highest BCUT2D eigenvalue weighted by Crippen LogP contribution is 2.23. The number of benzene rings is 2. The number of halogens is 1. The third kappa shape index (κ3) is 5.18. The predicted molar refractivity (Wildman–Crippen MR) is 89.8 cm³/mol. The van der Waals surface area contributed by atoms with Crippen molar-refractivity contribution in [1.29, 1.82) is 0 Å². The van der Waals surface area contributed by atoms with Crippen molar-refractivity contribution in [2.24, 2.45) is 0 Å². The van der Waals surface area contributed by atoms with Gasteiger partial charge in [-0.1, -0.05) is 19.1 Å². The Morgan fingerprint density at radius 3 is 2.61 bits per heavy atom. The first kappa shape index (κ1) is 16.6. The van der Waals surface area contributed by atoms with Crippen molar-refractivity contribution in [2.75, 3.05) is 23.0 Å². The van der Waals surface area contributed by atoms with Crippen LogP contribution in [-0.4, -0.2) is 12.7 Å². The summed E-state index contributed by atoms with van der Waals surface area (Å²) in [5.74, 6) is -0.261. The fourth-order valence-electron chi connectivity index (χ4n) is 1.93. The second kappa shape index (κ2) is 8.03. The Balaban J connectivity index is 1.93. The fourth-order valence-corrected chi connectivity index (χ4v) is 1.93. The summed E-state index contributed by atoms with van der Waals surface area (Å²) in [6.45, 7) is 2.83. The molecule has 0 atom stereocenters. The Labute approximate surface area is 134 Å². The van der Waals surface area contributed by atoms with Gasteiger partial charge in [-0.05, 0) is 42.3 Å². The van der Waals surface area contributed by atoms with Crippen LogP contribution in [-0.2, 0) is 11.3 Å². The van der Waals surface area contributed by atoms with Crippen molar-refractivity contribution < 1.29 is 13.9 Å². The van der Waals surface area contributed by atoms with E-state index in [4.69, 9.17) is 10.5 Å². The lowest BCUT2D eigenvalue weighted by Gasteiger charge is -2.11. The molecule has 0 spiro atoms. The van der Waals surface area contributed by atoms with E-state index < -0.39 is 6.09 Å². The summed E-state index contributed by atoms with van der Waals surface area (Å²) >= 11 is 0. The smallest absolute Gasteiger partial charge is 0.411 e. The highest BCUT2D eigenvalue weighted by atomic mass is 19.1. The summed E-state index contributed by atoms with van der Waals surface area (Å²) in [6.07, 6.45) is 0.236. The second-order valence-electron chi connectivity index (χ2n) is 5.04. The van der Waals surface area contributed by atoms with Gasteiger partial charge in [-0.2, -0.15) is 0 Å². The minimum atomic E-state index is -0.523. The first-order chi connectivity index (χ1) is 11.1.